The van der Waals surface area contributed by atoms with Crippen molar-refractivity contribution >= 4 is 11.8 Å². The Hall–Kier alpha value is -2.77. The first-order valence-corrected chi connectivity index (χ1v) is 14.1. The molecule has 0 spiro atoms. The Morgan fingerprint density at radius 3 is 1.49 bits per heavy atom. The van der Waals surface area contributed by atoms with E-state index in [2.05, 4.69) is 122 Å². The zero-order chi connectivity index (χ0) is 23.9. The molecule has 1 aliphatic carbocycles. The highest BCUT2D eigenvalue weighted by molar-refractivity contribution is 8.00. The third-order valence-corrected chi connectivity index (χ3v) is 9.23. The first-order valence-electron chi connectivity index (χ1n) is 13.2. The summed E-state index contributed by atoms with van der Waals surface area (Å²) in [6, 6.07) is 42.5. The minimum atomic E-state index is -0.316. The van der Waals surface area contributed by atoms with E-state index < -0.39 is 0 Å². The molecule has 0 heterocycles. The van der Waals surface area contributed by atoms with Gasteiger partial charge in [0.05, 0.1) is 4.75 Å². The molecular formula is C34H36S. The molecule has 178 valence electrons. The maximum atomic E-state index is 2.40. The second-order valence-electron chi connectivity index (χ2n) is 9.96. The number of benzene rings is 4. The molecule has 0 radical (unpaired) electrons. The molecule has 1 fully saturated rings. The second kappa shape index (κ2) is 11.3. The zero-order valence-electron chi connectivity index (χ0n) is 20.8. The molecule has 4 aromatic carbocycles. The molecule has 0 bridgehead atoms. The van der Waals surface area contributed by atoms with Crippen molar-refractivity contribution in [2.24, 2.45) is 5.92 Å². The Balaban J connectivity index is 1.49. The lowest BCUT2D eigenvalue weighted by Gasteiger charge is -2.35. The number of rotatable bonds is 8. The van der Waals surface area contributed by atoms with Crippen LogP contribution in [0.25, 0.3) is 0 Å². The quantitative estimate of drug-likeness (QED) is 0.180. The Kier molecular flexibility index (Phi) is 7.74. The lowest BCUT2D eigenvalue weighted by Crippen LogP contribution is -2.25. The van der Waals surface area contributed by atoms with E-state index in [0.717, 1.165) is 11.8 Å². The van der Waals surface area contributed by atoms with E-state index in [4.69, 9.17) is 0 Å². The van der Waals surface area contributed by atoms with Gasteiger partial charge in [0.25, 0.3) is 0 Å². The van der Waals surface area contributed by atoms with Crippen LogP contribution in [0, 0.1) is 5.92 Å². The molecule has 0 atom stereocenters. The maximum Gasteiger partial charge on any atom is 0.0954 e. The van der Waals surface area contributed by atoms with E-state index in [1.54, 1.807) is 0 Å². The van der Waals surface area contributed by atoms with Crippen LogP contribution in [0.1, 0.15) is 73.6 Å². The molecule has 0 amide bonds. The predicted octanol–water partition coefficient (Wildman–Crippen LogP) is 9.84. The summed E-state index contributed by atoms with van der Waals surface area (Å²) in [6.07, 6.45) is 8.22. The monoisotopic (exact) mass is 476 g/mol. The summed E-state index contributed by atoms with van der Waals surface area (Å²) in [7, 11) is 0. The topological polar surface area (TPSA) is 0 Å². The molecule has 0 aromatic heterocycles. The minimum absolute atomic E-state index is 0.316. The molecule has 1 heteroatoms. The summed E-state index contributed by atoms with van der Waals surface area (Å²) in [5.41, 5.74) is 5.44. The highest BCUT2D eigenvalue weighted by Crippen LogP contribution is 2.51. The van der Waals surface area contributed by atoms with Crippen molar-refractivity contribution in [3.63, 3.8) is 0 Å². The van der Waals surface area contributed by atoms with Crippen molar-refractivity contribution in [2.45, 2.75) is 61.0 Å². The van der Waals surface area contributed by atoms with Gasteiger partial charge in [0, 0.05) is 4.90 Å². The van der Waals surface area contributed by atoms with E-state index >= 15 is 0 Å². The van der Waals surface area contributed by atoms with Gasteiger partial charge >= 0.3 is 0 Å². The van der Waals surface area contributed by atoms with Gasteiger partial charge in [0.2, 0.25) is 0 Å². The summed E-state index contributed by atoms with van der Waals surface area (Å²) in [5, 5.41) is 0. The summed E-state index contributed by atoms with van der Waals surface area (Å²) >= 11 is 1.96. The fourth-order valence-corrected chi connectivity index (χ4v) is 7.26. The molecule has 4 aromatic rings. The molecule has 0 saturated heterocycles. The summed E-state index contributed by atoms with van der Waals surface area (Å²) < 4.78 is -0.316. The van der Waals surface area contributed by atoms with Crippen molar-refractivity contribution < 1.29 is 0 Å². The van der Waals surface area contributed by atoms with Gasteiger partial charge in [-0.2, -0.15) is 0 Å². The molecule has 1 saturated carbocycles. The van der Waals surface area contributed by atoms with Gasteiger partial charge < -0.3 is 0 Å². The van der Waals surface area contributed by atoms with E-state index in [9.17, 15) is 0 Å². The van der Waals surface area contributed by atoms with Gasteiger partial charge in [0.1, 0.15) is 0 Å². The van der Waals surface area contributed by atoms with Gasteiger partial charge in [-0.15, -0.1) is 11.8 Å². The largest absolute Gasteiger partial charge is 0.105 e. The predicted molar refractivity (Wildman–Crippen MR) is 151 cm³/mol. The molecule has 5 rings (SSSR count). The fourth-order valence-electron chi connectivity index (χ4n) is 5.87. The van der Waals surface area contributed by atoms with E-state index in [1.165, 1.54) is 65.7 Å². The Morgan fingerprint density at radius 2 is 1.06 bits per heavy atom. The van der Waals surface area contributed by atoms with E-state index in [1.807, 2.05) is 11.8 Å². The van der Waals surface area contributed by atoms with Gasteiger partial charge in [-0.25, -0.2) is 0 Å². The van der Waals surface area contributed by atoms with Crippen molar-refractivity contribution in [3.8, 4) is 0 Å². The lowest BCUT2D eigenvalue weighted by atomic mass is 9.77. The smallest absolute Gasteiger partial charge is 0.0954 e. The van der Waals surface area contributed by atoms with Crippen LogP contribution in [0.4, 0.5) is 0 Å². The second-order valence-corrected chi connectivity index (χ2v) is 11.2. The molecule has 0 nitrogen and oxygen atoms in total. The Morgan fingerprint density at radius 1 is 0.600 bits per heavy atom. The zero-order valence-corrected chi connectivity index (χ0v) is 21.6. The third kappa shape index (κ3) is 5.26. The molecule has 0 N–H and O–H groups in total. The first kappa shape index (κ1) is 23.9. The van der Waals surface area contributed by atoms with Crippen LogP contribution in [-0.4, -0.2) is 0 Å². The van der Waals surface area contributed by atoms with Gasteiger partial charge in [0.15, 0.2) is 0 Å². The number of thioether (sulfide) groups is 1. The van der Waals surface area contributed by atoms with Gasteiger partial charge in [-0.1, -0.05) is 123 Å². The average molecular weight is 477 g/mol. The summed E-state index contributed by atoms with van der Waals surface area (Å²) in [4.78, 5) is 1.31. The van der Waals surface area contributed by atoms with Crippen LogP contribution < -0.4 is 0 Å². The molecule has 0 aliphatic heterocycles. The van der Waals surface area contributed by atoms with Crippen LogP contribution in [0.3, 0.4) is 0 Å². The van der Waals surface area contributed by atoms with Crippen LogP contribution in [0.5, 0.6) is 0 Å². The summed E-state index contributed by atoms with van der Waals surface area (Å²) in [6.45, 7) is 2.32. The van der Waals surface area contributed by atoms with Crippen LogP contribution in [-0.2, 0) is 4.75 Å². The minimum Gasteiger partial charge on any atom is -0.105 e. The first-order chi connectivity index (χ1) is 17.3. The highest BCUT2D eigenvalue weighted by Gasteiger charge is 2.37. The molecule has 35 heavy (non-hydrogen) atoms. The van der Waals surface area contributed by atoms with Crippen molar-refractivity contribution in [1.29, 1.82) is 0 Å². The van der Waals surface area contributed by atoms with Crippen LogP contribution >= 0.6 is 11.8 Å². The molecule has 1 aliphatic rings. The summed E-state index contributed by atoms with van der Waals surface area (Å²) in [5.74, 6) is 1.68. The van der Waals surface area contributed by atoms with Gasteiger partial charge in [-0.3, -0.25) is 0 Å². The van der Waals surface area contributed by atoms with Crippen molar-refractivity contribution in [2.75, 3.05) is 0 Å². The highest BCUT2D eigenvalue weighted by atomic mass is 32.2. The molecule has 0 unspecified atom stereocenters. The maximum absolute atomic E-state index is 2.40. The van der Waals surface area contributed by atoms with Gasteiger partial charge in [-0.05, 0) is 71.9 Å². The fraction of sp³-hybridized carbons (Fsp3) is 0.294. The SMILES string of the molecule is CCC[C@H]1CC[C@H](c2ccc(SC(c3ccccc3)(c3ccccc3)c3ccccc3)cc2)CC1. The molecular weight excluding hydrogens is 440 g/mol. The van der Waals surface area contributed by atoms with E-state index in [0.29, 0.717) is 0 Å². The normalized spacial score (nSPS) is 18.3. The van der Waals surface area contributed by atoms with Crippen molar-refractivity contribution in [1.82, 2.24) is 0 Å². The van der Waals surface area contributed by atoms with Crippen LogP contribution in [0.2, 0.25) is 0 Å². The van der Waals surface area contributed by atoms with Crippen molar-refractivity contribution in [3.05, 3.63) is 138 Å². The number of hydrogen-bond acceptors (Lipinski definition) is 1. The average Bonchev–Trinajstić information content (AvgIpc) is 2.94. The Bertz CT molecular complexity index is 1060. The standard InChI is InChI=1S/C34H36S/c1-2-12-27-19-21-28(22-20-27)29-23-25-33(26-24-29)35-34(30-13-6-3-7-14-30,31-15-8-4-9-16-31)32-17-10-5-11-18-32/h3-11,13-18,23-28H,2,12,19-22H2,1H3/t27-,28-. The van der Waals surface area contributed by atoms with E-state index in [-0.39, 0.29) is 4.75 Å². The number of hydrogen-bond donors (Lipinski definition) is 0. The Labute approximate surface area is 215 Å². The van der Waals surface area contributed by atoms with Crippen LogP contribution in [0.15, 0.2) is 120 Å². The third-order valence-electron chi connectivity index (χ3n) is 7.71. The lowest BCUT2D eigenvalue weighted by molar-refractivity contribution is 0.308.